The van der Waals surface area contributed by atoms with Crippen LogP contribution >= 0.6 is 23.4 Å². The van der Waals surface area contributed by atoms with Crippen LogP contribution in [0.3, 0.4) is 0 Å². The first kappa shape index (κ1) is 9.90. The zero-order chi connectivity index (χ0) is 9.14. The number of hydrogen-bond donors (Lipinski definition) is 1. The molecule has 0 bridgehead atoms. The molecule has 3 heteroatoms. The van der Waals surface area contributed by atoms with Gasteiger partial charge in [0.05, 0.1) is 0 Å². The molecule has 0 amide bonds. The molecule has 0 saturated carbocycles. The SMILES string of the molecule is CSc1cccc(Cl)c1[C@H](C)N. The largest absolute Gasteiger partial charge is 0.324 e. The molecule has 1 nitrogen and oxygen atoms in total. The third kappa shape index (κ3) is 1.94. The summed E-state index contributed by atoms with van der Waals surface area (Å²) in [4.78, 5) is 1.16. The molecular formula is C9H12ClNS. The topological polar surface area (TPSA) is 26.0 Å². The van der Waals surface area contributed by atoms with Crippen LogP contribution in [0, 0.1) is 0 Å². The third-order valence-electron chi connectivity index (χ3n) is 1.69. The van der Waals surface area contributed by atoms with Crippen molar-refractivity contribution in [2.45, 2.75) is 17.9 Å². The molecule has 12 heavy (non-hydrogen) atoms. The van der Waals surface area contributed by atoms with Crippen LogP contribution in [-0.4, -0.2) is 6.26 Å². The monoisotopic (exact) mass is 201 g/mol. The summed E-state index contributed by atoms with van der Waals surface area (Å²) in [5.74, 6) is 0. The van der Waals surface area contributed by atoms with Gasteiger partial charge in [-0.25, -0.2) is 0 Å². The Kier molecular flexibility index (Phi) is 3.44. The molecular weight excluding hydrogens is 190 g/mol. The van der Waals surface area contributed by atoms with Gasteiger partial charge in [-0.05, 0) is 25.3 Å². The lowest BCUT2D eigenvalue weighted by atomic mass is 10.1. The zero-order valence-electron chi connectivity index (χ0n) is 7.17. The number of thioether (sulfide) groups is 1. The van der Waals surface area contributed by atoms with Gasteiger partial charge in [0.15, 0.2) is 0 Å². The summed E-state index contributed by atoms with van der Waals surface area (Å²) in [6, 6.07) is 5.86. The highest BCUT2D eigenvalue weighted by Gasteiger charge is 2.09. The number of hydrogen-bond acceptors (Lipinski definition) is 2. The van der Waals surface area contributed by atoms with Crippen molar-refractivity contribution in [3.63, 3.8) is 0 Å². The summed E-state index contributed by atoms with van der Waals surface area (Å²) in [6.45, 7) is 1.95. The Morgan fingerprint density at radius 3 is 2.58 bits per heavy atom. The predicted molar refractivity (Wildman–Crippen MR) is 55.8 cm³/mol. The molecule has 0 spiro atoms. The van der Waals surface area contributed by atoms with Crippen molar-refractivity contribution in [2.75, 3.05) is 6.26 Å². The Labute approximate surface area is 82.3 Å². The van der Waals surface area contributed by atoms with Crippen molar-refractivity contribution in [1.82, 2.24) is 0 Å². The Balaban J connectivity index is 3.20. The Morgan fingerprint density at radius 1 is 1.50 bits per heavy atom. The van der Waals surface area contributed by atoms with E-state index < -0.39 is 0 Å². The minimum Gasteiger partial charge on any atom is -0.324 e. The maximum absolute atomic E-state index is 6.01. The van der Waals surface area contributed by atoms with Crippen molar-refractivity contribution in [1.29, 1.82) is 0 Å². The van der Waals surface area contributed by atoms with Gasteiger partial charge in [0.2, 0.25) is 0 Å². The van der Waals surface area contributed by atoms with Crippen LogP contribution in [-0.2, 0) is 0 Å². The van der Waals surface area contributed by atoms with Gasteiger partial charge in [0.1, 0.15) is 0 Å². The molecule has 0 fully saturated rings. The van der Waals surface area contributed by atoms with Gasteiger partial charge >= 0.3 is 0 Å². The highest BCUT2D eigenvalue weighted by molar-refractivity contribution is 7.98. The summed E-state index contributed by atoms with van der Waals surface area (Å²) in [6.07, 6.45) is 2.03. The first-order valence-corrected chi connectivity index (χ1v) is 5.35. The molecule has 0 aliphatic carbocycles. The normalized spacial score (nSPS) is 13.0. The highest BCUT2D eigenvalue weighted by Crippen LogP contribution is 2.30. The van der Waals surface area contributed by atoms with Crippen molar-refractivity contribution in [3.8, 4) is 0 Å². The third-order valence-corrected chi connectivity index (χ3v) is 2.81. The molecule has 0 heterocycles. The van der Waals surface area contributed by atoms with Crippen LogP contribution < -0.4 is 5.73 Å². The van der Waals surface area contributed by atoms with Crippen molar-refractivity contribution < 1.29 is 0 Å². The van der Waals surface area contributed by atoms with Crippen LogP contribution in [0.5, 0.6) is 0 Å². The van der Waals surface area contributed by atoms with E-state index in [4.69, 9.17) is 17.3 Å². The lowest BCUT2D eigenvalue weighted by Gasteiger charge is -2.12. The molecule has 66 valence electrons. The van der Waals surface area contributed by atoms with E-state index in [-0.39, 0.29) is 6.04 Å². The van der Waals surface area contributed by atoms with Crippen molar-refractivity contribution >= 4 is 23.4 Å². The Morgan fingerprint density at radius 2 is 2.17 bits per heavy atom. The molecule has 2 N–H and O–H groups in total. The van der Waals surface area contributed by atoms with E-state index in [0.717, 1.165) is 15.5 Å². The second-order valence-corrected chi connectivity index (χ2v) is 3.90. The standard InChI is InChI=1S/C9H12ClNS/c1-6(11)9-7(10)4-3-5-8(9)12-2/h3-6H,11H2,1-2H3/t6-/m0/s1. The molecule has 0 aliphatic rings. The van der Waals surface area contributed by atoms with Crippen LogP contribution in [0.1, 0.15) is 18.5 Å². The molecule has 0 radical (unpaired) electrons. The number of halogens is 1. The lowest BCUT2D eigenvalue weighted by molar-refractivity contribution is 0.798. The molecule has 0 saturated heterocycles. The van der Waals surface area contributed by atoms with Crippen molar-refractivity contribution in [3.05, 3.63) is 28.8 Å². The maximum atomic E-state index is 6.01. The van der Waals surface area contributed by atoms with Gasteiger partial charge in [-0.2, -0.15) is 0 Å². The summed E-state index contributed by atoms with van der Waals surface area (Å²) >= 11 is 7.68. The molecule has 1 atom stereocenters. The van der Waals surface area contributed by atoms with Crippen LogP contribution in [0.15, 0.2) is 23.1 Å². The van der Waals surface area contributed by atoms with Gasteiger partial charge in [0, 0.05) is 21.5 Å². The average molecular weight is 202 g/mol. The van der Waals surface area contributed by atoms with Crippen LogP contribution in [0.4, 0.5) is 0 Å². The first-order chi connectivity index (χ1) is 5.66. The van der Waals surface area contributed by atoms with E-state index in [1.807, 2.05) is 31.4 Å². The fourth-order valence-electron chi connectivity index (χ4n) is 1.14. The quantitative estimate of drug-likeness (QED) is 0.745. The second kappa shape index (κ2) is 4.17. The van der Waals surface area contributed by atoms with Gasteiger partial charge in [-0.1, -0.05) is 17.7 Å². The van der Waals surface area contributed by atoms with Crippen LogP contribution in [0.25, 0.3) is 0 Å². The number of rotatable bonds is 2. The van der Waals surface area contributed by atoms with Crippen LogP contribution in [0.2, 0.25) is 5.02 Å². The number of nitrogens with two attached hydrogens (primary N) is 1. The molecule has 0 aliphatic heterocycles. The zero-order valence-corrected chi connectivity index (χ0v) is 8.75. The van der Waals surface area contributed by atoms with Gasteiger partial charge in [-0.3, -0.25) is 0 Å². The maximum Gasteiger partial charge on any atom is 0.0464 e. The van der Waals surface area contributed by atoms with E-state index in [2.05, 4.69) is 0 Å². The Bertz CT molecular complexity index is 273. The van der Waals surface area contributed by atoms with E-state index in [9.17, 15) is 0 Å². The van der Waals surface area contributed by atoms with Gasteiger partial charge < -0.3 is 5.73 Å². The summed E-state index contributed by atoms with van der Waals surface area (Å²) in [5, 5.41) is 0.761. The Hall–Kier alpha value is -0.180. The minimum atomic E-state index is 0.00106. The molecule has 1 rings (SSSR count). The van der Waals surface area contributed by atoms with Gasteiger partial charge in [0.25, 0.3) is 0 Å². The first-order valence-electron chi connectivity index (χ1n) is 3.74. The van der Waals surface area contributed by atoms with E-state index >= 15 is 0 Å². The number of benzene rings is 1. The minimum absolute atomic E-state index is 0.00106. The van der Waals surface area contributed by atoms with E-state index in [1.54, 1.807) is 11.8 Å². The molecule has 1 aromatic carbocycles. The van der Waals surface area contributed by atoms with Gasteiger partial charge in [-0.15, -0.1) is 11.8 Å². The van der Waals surface area contributed by atoms with E-state index in [1.165, 1.54) is 0 Å². The lowest BCUT2D eigenvalue weighted by Crippen LogP contribution is -2.06. The average Bonchev–Trinajstić information content (AvgIpc) is 2.03. The fourth-order valence-corrected chi connectivity index (χ4v) is 2.27. The summed E-state index contributed by atoms with van der Waals surface area (Å²) in [7, 11) is 0. The van der Waals surface area contributed by atoms with Crippen molar-refractivity contribution in [2.24, 2.45) is 5.73 Å². The smallest absolute Gasteiger partial charge is 0.0464 e. The summed E-state index contributed by atoms with van der Waals surface area (Å²) in [5.41, 5.74) is 6.84. The predicted octanol–water partition coefficient (Wildman–Crippen LogP) is 3.08. The van der Waals surface area contributed by atoms with E-state index in [0.29, 0.717) is 0 Å². The molecule has 1 aromatic rings. The summed E-state index contributed by atoms with van der Waals surface area (Å²) < 4.78 is 0. The molecule has 0 unspecified atom stereocenters. The fraction of sp³-hybridized carbons (Fsp3) is 0.333. The molecule has 0 aromatic heterocycles. The second-order valence-electron chi connectivity index (χ2n) is 2.64. The highest BCUT2D eigenvalue weighted by atomic mass is 35.5.